The summed E-state index contributed by atoms with van der Waals surface area (Å²) in [6.45, 7) is 0.674. The highest BCUT2D eigenvalue weighted by Crippen LogP contribution is 2.48. The van der Waals surface area contributed by atoms with Crippen molar-refractivity contribution in [1.29, 1.82) is 0 Å². The van der Waals surface area contributed by atoms with Gasteiger partial charge < -0.3 is 25.4 Å². The molecular weight excluding hydrogens is 565 g/mol. The van der Waals surface area contributed by atoms with Gasteiger partial charge in [-0.1, -0.05) is 0 Å². The Morgan fingerprint density at radius 1 is 1.02 bits per heavy atom. The number of carbonyl (C=O) groups is 2. The first kappa shape index (κ1) is 29.1. The quantitative estimate of drug-likeness (QED) is 0.128. The second-order valence-electron chi connectivity index (χ2n) is 10.1. The van der Waals surface area contributed by atoms with E-state index >= 15 is 0 Å². The van der Waals surface area contributed by atoms with Gasteiger partial charge in [0.2, 0.25) is 10.0 Å². The Bertz CT molecular complexity index is 1730. The number of benzene rings is 3. The Hall–Kier alpha value is -4.42. The molecule has 1 saturated carbocycles. The van der Waals surface area contributed by atoms with Crippen molar-refractivity contribution in [3.63, 3.8) is 0 Å². The third kappa shape index (κ3) is 6.39. The number of unbranched alkanes of at least 4 members (excludes halogenated alkanes) is 1. The van der Waals surface area contributed by atoms with Crippen molar-refractivity contribution < 1.29 is 36.3 Å². The van der Waals surface area contributed by atoms with Crippen LogP contribution in [0.2, 0.25) is 0 Å². The minimum absolute atomic E-state index is 0.0153. The summed E-state index contributed by atoms with van der Waals surface area (Å²) in [5.74, 6) is -0.300. The van der Waals surface area contributed by atoms with Crippen molar-refractivity contribution in [2.24, 2.45) is 11.5 Å². The summed E-state index contributed by atoms with van der Waals surface area (Å²) in [6, 6.07) is 15.5. The summed E-state index contributed by atoms with van der Waals surface area (Å²) in [5, 5.41) is 0.365. The number of halogens is 1. The number of nitrogens with zero attached hydrogens (tertiary/aromatic N) is 1. The predicted molar refractivity (Wildman–Crippen MR) is 156 cm³/mol. The fourth-order valence-corrected chi connectivity index (χ4v) is 5.79. The lowest BCUT2D eigenvalue weighted by atomic mass is 10.0. The molecule has 0 spiro atoms. The number of nitrogens with two attached hydrogens (primary N) is 2. The number of ether oxygens (including phenoxy) is 2. The molecule has 3 aromatic carbocycles. The number of rotatable bonds is 11. The lowest BCUT2D eigenvalue weighted by Gasteiger charge is -2.25. The predicted octanol–water partition coefficient (Wildman–Crippen LogP) is 5.65. The van der Waals surface area contributed by atoms with Crippen LogP contribution >= 0.6 is 0 Å². The first-order chi connectivity index (χ1) is 20.0. The zero-order valence-corrected chi connectivity index (χ0v) is 23.7. The van der Waals surface area contributed by atoms with Crippen LogP contribution < -0.4 is 20.5 Å². The summed E-state index contributed by atoms with van der Waals surface area (Å²) in [4.78, 5) is 24.7. The lowest BCUT2D eigenvalue weighted by molar-refractivity contribution is 0.0640. The second-order valence-corrected chi connectivity index (χ2v) is 12.0. The van der Waals surface area contributed by atoms with Crippen molar-refractivity contribution in [3.8, 4) is 22.8 Å². The van der Waals surface area contributed by atoms with Gasteiger partial charge in [0.25, 0.3) is 0 Å². The zero-order valence-electron chi connectivity index (χ0n) is 22.8. The fourth-order valence-electron chi connectivity index (χ4n) is 4.81. The molecular formula is C30H30FN3O7S. The number of sulfonamides is 1. The molecule has 0 saturated heterocycles. The molecule has 1 amide bonds. The van der Waals surface area contributed by atoms with Crippen LogP contribution in [0.15, 0.2) is 65.1 Å². The molecule has 0 radical (unpaired) electrons. The number of hydrogen-bond acceptors (Lipinski definition) is 8. The summed E-state index contributed by atoms with van der Waals surface area (Å²) in [7, 11) is -3.65. The molecule has 4 N–H and O–H groups in total. The van der Waals surface area contributed by atoms with Gasteiger partial charge in [-0.2, -0.15) is 0 Å². The molecule has 10 nitrogen and oxygen atoms in total. The SMILES string of the molecule is CS(=O)(=O)N(CCCCN)c1cc2oc(-c3ccc(Oc4ccc(F)cc4)cc3)c(C(=O)OC(N)=O)c2cc1C1CC1. The number of hydrogen-bond donors (Lipinski definition) is 2. The summed E-state index contributed by atoms with van der Waals surface area (Å²) in [5.41, 5.74) is 12.7. The highest BCUT2D eigenvalue weighted by Gasteiger charge is 2.33. The first-order valence-corrected chi connectivity index (χ1v) is 15.2. The number of esters is 1. The molecule has 1 heterocycles. The molecule has 1 aliphatic carbocycles. The van der Waals surface area contributed by atoms with Crippen molar-refractivity contribution in [3.05, 3.63) is 77.6 Å². The third-order valence-electron chi connectivity index (χ3n) is 6.90. The molecule has 1 aliphatic rings. The van der Waals surface area contributed by atoms with Crippen LogP contribution in [0.1, 0.15) is 47.5 Å². The topological polar surface area (TPSA) is 155 Å². The maximum absolute atomic E-state index is 13.2. The van der Waals surface area contributed by atoms with Crippen molar-refractivity contribution in [1.82, 2.24) is 0 Å². The average molecular weight is 596 g/mol. The number of furan rings is 1. The molecule has 1 fully saturated rings. The van der Waals surface area contributed by atoms with Crippen molar-refractivity contribution in [2.45, 2.75) is 31.6 Å². The van der Waals surface area contributed by atoms with E-state index < -0.39 is 22.1 Å². The van der Waals surface area contributed by atoms with Gasteiger partial charge in [-0.05, 0) is 98.3 Å². The van der Waals surface area contributed by atoms with Crippen LogP contribution in [-0.2, 0) is 14.8 Å². The van der Waals surface area contributed by atoms with Crippen LogP contribution in [0.4, 0.5) is 14.9 Å². The van der Waals surface area contributed by atoms with Crippen LogP contribution in [0, 0.1) is 5.82 Å². The molecule has 220 valence electrons. The van der Waals surface area contributed by atoms with Gasteiger partial charge in [0.15, 0.2) is 0 Å². The van der Waals surface area contributed by atoms with Gasteiger partial charge in [0, 0.05) is 23.6 Å². The molecule has 12 heteroatoms. The van der Waals surface area contributed by atoms with Crippen LogP contribution in [0.25, 0.3) is 22.3 Å². The van der Waals surface area contributed by atoms with Crippen LogP contribution in [0.5, 0.6) is 11.5 Å². The first-order valence-electron chi connectivity index (χ1n) is 13.4. The zero-order chi connectivity index (χ0) is 30.0. The standard InChI is InChI=1S/C30H30FN3O7S/c1-42(37,38)34(15-3-2-14-32)25-17-26-24(16-23(25)18-4-5-18)27(29(35)41-30(33)36)28(40-26)19-6-10-21(11-7-19)39-22-12-8-20(31)9-13-22/h6-13,16-18H,2-5,14-15,32H2,1H3,(H2,33,36). The van der Waals surface area contributed by atoms with Gasteiger partial charge in [-0.3, -0.25) is 4.31 Å². The van der Waals surface area contributed by atoms with Gasteiger partial charge in [0.05, 0.1) is 11.9 Å². The van der Waals surface area contributed by atoms with Gasteiger partial charge in [-0.15, -0.1) is 0 Å². The second kappa shape index (κ2) is 11.8. The normalized spacial score (nSPS) is 13.2. The molecule has 0 aliphatic heterocycles. The van der Waals surface area contributed by atoms with E-state index in [1.807, 2.05) is 0 Å². The maximum atomic E-state index is 13.2. The number of anilines is 1. The van der Waals surface area contributed by atoms with Crippen molar-refractivity contribution >= 4 is 38.7 Å². The van der Waals surface area contributed by atoms with E-state index in [1.54, 1.807) is 36.4 Å². The molecule has 0 unspecified atom stereocenters. The Kier molecular flexibility index (Phi) is 8.19. The van der Waals surface area contributed by atoms with E-state index in [4.69, 9.17) is 25.4 Å². The minimum Gasteiger partial charge on any atom is -0.457 e. The summed E-state index contributed by atoms with van der Waals surface area (Å²) in [6.07, 6.45) is 2.82. The maximum Gasteiger partial charge on any atom is 0.412 e. The number of amides is 1. The largest absolute Gasteiger partial charge is 0.457 e. The molecule has 42 heavy (non-hydrogen) atoms. The van der Waals surface area contributed by atoms with E-state index in [2.05, 4.69) is 0 Å². The Morgan fingerprint density at radius 3 is 2.24 bits per heavy atom. The number of carbonyl (C=O) groups excluding carboxylic acids is 2. The Labute approximate surface area is 242 Å². The van der Waals surface area contributed by atoms with Crippen LogP contribution in [-0.4, -0.2) is 39.8 Å². The monoisotopic (exact) mass is 595 g/mol. The number of primary amides is 1. The third-order valence-corrected chi connectivity index (χ3v) is 8.08. The Morgan fingerprint density at radius 2 is 1.67 bits per heavy atom. The highest BCUT2D eigenvalue weighted by atomic mass is 32.2. The average Bonchev–Trinajstić information content (AvgIpc) is 3.71. The van der Waals surface area contributed by atoms with Gasteiger partial charge >= 0.3 is 12.1 Å². The van der Waals surface area contributed by atoms with E-state index in [-0.39, 0.29) is 35.2 Å². The van der Waals surface area contributed by atoms with E-state index in [1.165, 1.54) is 28.6 Å². The smallest absolute Gasteiger partial charge is 0.412 e. The van der Waals surface area contributed by atoms with E-state index in [0.717, 1.165) is 24.7 Å². The summed E-state index contributed by atoms with van der Waals surface area (Å²) >= 11 is 0. The fraction of sp³-hybridized carbons (Fsp3) is 0.267. The summed E-state index contributed by atoms with van der Waals surface area (Å²) < 4.78 is 57.0. The van der Waals surface area contributed by atoms with Gasteiger partial charge in [-0.25, -0.2) is 22.4 Å². The highest BCUT2D eigenvalue weighted by molar-refractivity contribution is 7.92. The Balaban J connectivity index is 1.61. The molecule has 5 rings (SSSR count). The van der Waals surface area contributed by atoms with Crippen LogP contribution in [0.3, 0.4) is 0 Å². The van der Waals surface area contributed by atoms with E-state index in [9.17, 15) is 22.4 Å². The molecule has 1 aromatic heterocycles. The molecule has 4 aromatic rings. The van der Waals surface area contributed by atoms with E-state index in [0.29, 0.717) is 47.5 Å². The minimum atomic E-state index is -3.65. The number of fused-ring (bicyclic) bond motifs is 1. The van der Waals surface area contributed by atoms with Crippen molar-refractivity contribution in [2.75, 3.05) is 23.7 Å². The van der Waals surface area contributed by atoms with Gasteiger partial charge in [0.1, 0.15) is 34.2 Å². The molecule has 0 bridgehead atoms. The molecule has 0 atom stereocenters. The lowest BCUT2D eigenvalue weighted by Crippen LogP contribution is -2.32.